The molecule has 0 aromatic heterocycles. The van der Waals surface area contributed by atoms with Gasteiger partial charge in [0, 0.05) is 13.1 Å². The second kappa shape index (κ2) is 6.10. The number of rotatable bonds is 2. The number of aryl methyl sites for hydroxylation is 1. The van der Waals surface area contributed by atoms with Crippen LogP contribution in [-0.2, 0) is 6.54 Å². The Bertz CT molecular complexity index is 720. The molecule has 1 saturated heterocycles. The second-order valence-corrected chi connectivity index (χ2v) is 7.16. The van der Waals surface area contributed by atoms with Crippen LogP contribution in [0, 0.1) is 12.7 Å². The van der Waals surface area contributed by atoms with Gasteiger partial charge in [-0.1, -0.05) is 29.8 Å². The molecule has 1 spiro atoms. The van der Waals surface area contributed by atoms with E-state index in [1.54, 1.807) is 12.1 Å². The molecule has 2 aromatic rings. The van der Waals surface area contributed by atoms with Crippen LogP contribution in [0.3, 0.4) is 0 Å². The first kappa shape index (κ1) is 15.5. The van der Waals surface area contributed by atoms with Crippen LogP contribution in [0.5, 0.6) is 0 Å². The van der Waals surface area contributed by atoms with Gasteiger partial charge in [0.2, 0.25) is 0 Å². The summed E-state index contributed by atoms with van der Waals surface area (Å²) in [5.74, 6) is -0.178. The van der Waals surface area contributed by atoms with Gasteiger partial charge in [-0.05, 0) is 56.6 Å². The average Bonchev–Trinajstić information content (AvgIpc) is 2.57. The third-order valence-corrected chi connectivity index (χ3v) is 5.25. The Morgan fingerprint density at radius 3 is 2.58 bits per heavy atom. The fourth-order valence-electron chi connectivity index (χ4n) is 3.90. The number of halogens is 1. The highest BCUT2D eigenvalue weighted by atomic mass is 19.1. The maximum Gasteiger partial charge on any atom is 0.125 e. The molecule has 1 fully saturated rings. The van der Waals surface area contributed by atoms with Crippen molar-refractivity contribution in [3.05, 3.63) is 59.4 Å². The van der Waals surface area contributed by atoms with Crippen LogP contribution in [0.25, 0.3) is 0 Å². The zero-order chi connectivity index (χ0) is 16.6. The number of hydrogen-bond acceptors (Lipinski definition) is 3. The van der Waals surface area contributed by atoms with Crippen molar-refractivity contribution < 1.29 is 4.39 Å². The molecule has 0 unspecified atom stereocenters. The van der Waals surface area contributed by atoms with Gasteiger partial charge in [-0.3, -0.25) is 0 Å². The lowest BCUT2D eigenvalue weighted by molar-refractivity contribution is 0.332. The highest BCUT2D eigenvalue weighted by Crippen LogP contribution is 2.39. The Hall–Kier alpha value is -2.07. The summed E-state index contributed by atoms with van der Waals surface area (Å²) in [6, 6.07) is 13.8. The number of piperidine rings is 1. The highest BCUT2D eigenvalue weighted by Gasteiger charge is 2.38. The van der Waals surface area contributed by atoms with E-state index in [2.05, 4.69) is 46.7 Å². The standard InChI is InChI=1S/C20H24FN3/c1-15-2-4-16(5-3-15)13-24-14-20(8-10-22-11-9-20)23-18-12-17(21)6-7-19(18)24/h2-7,12,22-23H,8-11,13-14H2,1H3. The normalized spacial score (nSPS) is 19.0. The lowest BCUT2D eigenvalue weighted by atomic mass is 9.85. The maximum absolute atomic E-state index is 13.8. The molecule has 0 atom stereocenters. The molecule has 0 bridgehead atoms. The molecule has 3 nitrogen and oxygen atoms in total. The molecule has 4 rings (SSSR count). The number of anilines is 2. The first-order valence-corrected chi connectivity index (χ1v) is 8.73. The smallest absolute Gasteiger partial charge is 0.125 e. The molecular formula is C20H24FN3. The summed E-state index contributed by atoms with van der Waals surface area (Å²) in [5, 5.41) is 7.09. The minimum atomic E-state index is -0.178. The number of nitrogens with one attached hydrogen (secondary N) is 2. The van der Waals surface area contributed by atoms with E-state index >= 15 is 0 Å². The summed E-state index contributed by atoms with van der Waals surface area (Å²) in [7, 11) is 0. The number of nitrogens with zero attached hydrogens (tertiary/aromatic N) is 1. The molecule has 2 aromatic carbocycles. The zero-order valence-electron chi connectivity index (χ0n) is 14.1. The molecule has 4 heteroatoms. The first-order valence-electron chi connectivity index (χ1n) is 8.73. The molecule has 0 radical (unpaired) electrons. The highest BCUT2D eigenvalue weighted by molar-refractivity contribution is 5.74. The van der Waals surface area contributed by atoms with Crippen LogP contribution in [0.2, 0.25) is 0 Å². The van der Waals surface area contributed by atoms with Crippen molar-refractivity contribution in [2.45, 2.75) is 31.8 Å². The molecule has 0 aliphatic carbocycles. The number of hydrogen-bond donors (Lipinski definition) is 2. The molecule has 2 heterocycles. The molecule has 2 aliphatic heterocycles. The SMILES string of the molecule is Cc1ccc(CN2CC3(CCNCC3)Nc3cc(F)ccc32)cc1. The van der Waals surface area contributed by atoms with Crippen LogP contribution >= 0.6 is 0 Å². The summed E-state index contributed by atoms with van der Waals surface area (Å²) in [6.45, 7) is 5.94. The van der Waals surface area contributed by atoms with E-state index in [9.17, 15) is 4.39 Å². The number of fused-ring (bicyclic) bond motifs is 1. The Morgan fingerprint density at radius 1 is 1.08 bits per heavy atom. The van der Waals surface area contributed by atoms with Crippen LogP contribution in [0.15, 0.2) is 42.5 Å². The topological polar surface area (TPSA) is 27.3 Å². The third kappa shape index (κ3) is 2.98. The van der Waals surface area contributed by atoms with Crippen LogP contribution in [0.1, 0.15) is 24.0 Å². The van der Waals surface area contributed by atoms with Gasteiger partial charge in [0.05, 0.1) is 16.9 Å². The van der Waals surface area contributed by atoms with E-state index in [0.717, 1.165) is 50.4 Å². The molecular weight excluding hydrogens is 301 g/mol. The zero-order valence-corrected chi connectivity index (χ0v) is 14.1. The van der Waals surface area contributed by atoms with Gasteiger partial charge in [-0.2, -0.15) is 0 Å². The molecule has 2 N–H and O–H groups in total. The fourth-order valence-corrected chi connectivity index (χ4v) is 3.90. The van der Waals surface area contributed by atoms with E-state index in [1.807, 2.05) is 6.07 Å². The van der Waals surface area contributed by atoms with Crippen molar-refractivity contribution in [1.29, 1.82) is 0 Å². The fraction of sp³-hybridized carbons (Fsp3) is 0.400. The van der Waals surface area contributed by atoms with Gasteiger partial charge in [-0.15, -0.1) is 0 Å². The Kier molecular flexibility index (Phi) is 3.93. The molecule has 24 heavy (non-hydrogen) atoms. The number of benzene rings is 2. The minimum Gasteiger partial charge on any atom is -0.376 e. The Labute approximate surface area is 142 Å². The predicted molar refractivity (Wildman–Crippen MR) is 97.1 cm³/mol. The van der Waals surface area contributed by atoms with Crippen molar-refractivity contribution in [2.75, 3.05) is 29.9 Å². The summed E-state index contributed by atoms with van der Waals surface area (Å²) < 4.78 is 13.8. The van der Waals surface area contributed by atoms with Crippen LogP contribution in [-0.4, -0.2) is 25.2 Å². The predicted octanol–water partition coefficient (Wildman–Crippen LogP) is 3.69. The van der Waals surface area contributed by atoms with Gasteiger partial charge in [0.1, 0.15) is 5.82 Å². The lowest BCUT2D eigenvalue weighted by Crippen LogP contribution is -2.57. The van der Waals surface area contributed by atoms with Crippen molar-refractivity contribution in [3.8, 4) is 0 Å². The van der Waals surface area contributed by atoms with Gasteiger partial charge in [-0.25, -0.2) is 4.39 Å². The van der Waals surface area contributed by atoms with E-state index < -0.39 is 0 Å². The molecule has 2 aliphatic rings. The molecule has 126 valence electrons. The van der Waals surface area contributed by atoms with Gasteiger partial charge in [0.15, 0.2) is 0 Å². The van der Waals surface area contributed by atoms with Gasteiger partial charge < -0.3 is 15.5 Å². The van der Waals surface area contributed by atoms with E-state index in [4.69, 9.17) is 0 Å². The summed E-state index contributed by atoms with van der Waals surface area (Å²) in [5.41, 5.74) is 4.63. The summed E-state index contributed by atoms with van der Waals surface area (Å²) in [4.78, 5) is 2.40. The van der Waals surface area contributed by atoms with E-state index in [0.29, 0.717) is 0 Å². The van der Waals surface area contributed by atoms with Crippen molar-refractivity contribution in [1.82, 2.24) is 5.32 Å². The van der Waals surface area contributed by atoms with Crippen molar-refractivity contribution in [2.24, 2.45) is 0 Å². The minimum absolute atomic E-state index is 0.0384. The average molecular weight is 325 g/mol. The maximum atomic E-state index is 13.8. The quantitative estimate of drug-likeness (QED) is 0.882. The molecule has 0 amide bonds. The summed E-state index contributed by atoms with van der Waals surface area (Å²) in [6.07, 6.45) is 2.13. The monoisotopic (exact) mass is 325 g/mol. The van der Waals surface area contributed by atoms with Gasteiger partial charge >= 0.3 is 0 Å². The van der Waals surface area contributed by atoms with Gasteiger partial charge in [0.25, 0.3) is 0 Å². The van der Waals surface area contributed by atoms with E-state index in [-0.39, 0.29) is 11.4 Å². The van der Waals surface area contributed by atoms with Crippen LogP contribution in [0.4, 0.5) is 15.8 Å². The molecule has 0 saturated carbocycles. The Morgan fingerprint density at radius 2 is 1.83 bits per heavy atom. The second-order valence-electron chi connectivity index (χ2n) is 7.16. The third-order valence-electron chi connectivity index (χ3n) is 5.25. The summed E-state index contributed by atoms with van der Waals surface area (Å²) >= 11 is 0. The Balaban J connectivity index is 1.67. The lowest BCUT2D eigenvalue weighted by Gasteiger charge is -2.48. The van der Waals surface area contributed by atoms with Crippen molar-refractivity contribution >= 4 is 11.4 Å². The van der Waals surface area contributed by atoms with Crippen LogP contribution < -0.4 is 15.5 Å². The van der Waals surface area contributed by atoms with Crippen molar-refractivity contribution in [3.63, 3.8) is 0 Å². The van der Waals surface area contributed by atoms with E-state index in [1.165, 1.54) is 11.1 Å². The largest absolute Gasteiger partial charge is 0.376 e. The first-order chi connectivity index (χ1) is 11.6.